The summed E-state index contributed by atoms with van der Waals surface area (Å²) in [5, 5.41) is 7.43. The molecule has 0 aliphatic rings. The second-order valence-corrected chi connectivity index (χ2v) is 17.9. The number of nitrogens with zero attached hydrogens (tertiary/aromatic N) is 4. The third kappa shape index (κ3) is 5.81. The summed E-state index contributed by atoms with van der Waals surface area (Å²) in [7, 11) is 0. The van der Waals surface area contributed by atoms with E-state index in [0.717, 1.165) is 94.7 Å². The van der Waals surface area contributed by atoms with Gasteiger partial charge in [-0.05, 0) is 90.5 Å². The highest BCUT2D eigenvalue weighted by atomic mass is 19.4. The van der Waals surface area contributed by atoms with Gasteiger partial charge in [-0.3, -0.25) is 0 Å². The van der Waals surface area contributed by atoms with Crippen molar-refractivity contribution < 1.29 is 22.0 Å². The molecule has 0 N–H and O–H groups in total. The maximum atomic E-state index is 15.9. The Morgan fingerprint density at radius 3 is 0.914 bits per heavy atom. The fraction of sp³-hybridized carbons (Fsp3) is 0.0164. The van der Waals surface area contributed by atoms with E-state index < -0.39 is 23.4 Å². The van der Waals surface area contributed by atoms with Crippen molar-refractivity contribution in [1.82, 2.24) is 18.3 Å². The van der Waals surface area contributed by atoms with Crippen molar-refractivity contribution in [3.05, 3.63) is 230 Å². The van der Waals surface area contributed by atoms with Gasteiger partial charge in [0.25, 0.3) is 0 Å². The molecule has 14 rings (SSSR count). The number of alkyl halides is 3. The highest BCUT2D eigenvalue weighted by Crippen LogP contribution is 2.47. The van der Waals surface area contributed by atoms with Gasteiger partial charge in [-0.25, -0.2) is 8.78 Å². The van der Waals surface area contributed by atoms with E-state index in [-0.39, 0.29) is 22.5 Å². The molecule has 4 heterocycles. The Morgan fingerprint density at radius 2 is 0.586 bits per heavy atom. The van der Waals surface area contributed by atoms with Crippen molar-refractivity contribution in [2.45, 2.75) is 6.18 Å². The Hall–Kier alpha value is -8.95. The largest absolute Gasteiger partial charge is 0.416 e. The quantitative estimate of drug-likeness (QED) is 0.153. The van der Waals surface area contributed by atoms with E-state index >= 15 is 22.0 Å². The van der Waals surface area contributed by atoms with E-state index in [1.807, 2.05) is 143 Å². The lowest BCUT2D eigenvalue weighted by Crippen LogP contribution is -2.11. The second kappa shape index (κ2) is 14.8. The summed E-state index contributed by atoms with van der Waals surface area (Å²) in [6, 6.07) is 65.2. The Balaban J connectivity index is 1.14. The first-order valence-electron chi connectivity index (χ1n) is 23.0. The molecule has 0 bridgehead atoms. The van der Waals surface area contributed by atoms with E-state index in [9.17, 15) is 0 Å². The highest BCUT2D eigenvalue weighted by Gasteiger charge is 2.35. The minimum absolute atomic E-state index is 0.0743. The van der Waals surface area contributed by atoms with Gasteiger partial charge in [0.05, 0.1) is 61.1 Å². The van der Waals surface area contributed by atoms with Crippen molar-refractivity contribution in [1.29, 1.82) is 0 Å². The standard InChI is InChI=1S/C61H35F5N4/c62-38-29-36(30-39(63)33-38)60-58(69-54-23-11-5-17-46(54)48-27-25-40(34-56(48)69)67-50-19-7-1-13-42(50)43-14-2-8-20-51(43)67)31-37(61(64,65)66)32-59(60)70-55-24-12-6-18-47(55)49-28-26-41(35-57(49)70)68-52-21-9-3-15-44(52)45-16-4-10-22-53(45)68/h1-35H. The summed E-state index contributed by atoms with van der Waals surface area (Å²) in [6.45, 7) is 0. The summed E-state index contributed by atoms with van der Waals surface area (Å²) in [5.74, 6) is -1.72. The molecule has 14 aromatic rings. The van der Waals surface area contributed by atoms with Crippen molar-refractivity contribution >= 4 is 87.2 Å². The van der Waals surface area contributed by atoms with Crippen LogP contribution in [0.1, 0.15) is 5.56 Å². The maximum Gasteiger partial charge on any atom is 0.416 e. The molecule has 0 saturated carbocycles. The molecule has 0 atom stereocenters. The number of fused-ring (bicyclic) bond motifs is 12. The van der Waals surface area contributed by atoms with Crippen molar-refractivity contribution in [3.8, 4) is 33.9 Å². The average molecular weight is 919 g/mol. The number of para-hydroxylation sites is 6. The van der Waals surface area contributed by atoms with Gasteiger partial charge in [0.15, 0.2) is 0 Å². The van der Waals surface area contributed by atoms with E-state index in [4.69, 9.17) is 0 Å². The van der Waals surface area contributed by atoms with Crippen LogP contribution in [0.4, 0.5) is 22.0 Å². The highest BCUT2D eigenvalue weighted by molar-refractivity contribution is 6.15. The Kier molecular flexibility index (Phi) is 8.47. The van der Waals surface area contributed by atoms with Crippen LogP contribution >= 0.6 is 0 Å². The van der Waals surface area contributed by atoms with E-state index in [1.54, 1.807) is 0 Å². The number of hydrogen-bond donors (Lipinski definition) is 0. The van der Waals surface area contributed by atoms with Crippen molar-refractivity contribution in [2.24, 2.45) is 0 Å². The van der Waals surface area contributed by atoms with Gasteiger partial charge < -0.3 is 18.3 Å². The van der Waals surface area contributed by atoms with Gasteiger partial charge in [0, 0.05) is 66.1 Å². The molecular formula is C61H35F5N4. The number of halogens is 5. The van der Waals surface area contributed by atoms with Gasteiger partial charge in [0.1, 0.15) is 11.6 Å². The second-order valence-electron chi connectivity index (χ2n) is 17.9. The van der Waals surface area contributed by atoms with Crippen LogP contribution in [-0.2, 0) is 6.18 Å². The zero-order valence-corrected chi connectivity index (χ0v) is 36.9. The fourth-order valence-electron chi connectivity index (χ4n) is 11.2. The normalized spacial score (nSPS) is 12.4. The Bertz CT molecular complexity index is 4130. The van der Waals surface area contributed by atoms with Gasteiger partial charge in [-0.1, -0.05) is 121 Å². The lowest BCUT2D eigenvalue weighted by atomic mass is 9.97. The molecule has 70 heavy (non-hydrogen) atoms. The molecule has 0 spiro atoms. The molecular weight excluding hydrogens is 884 g/mol. The van der Waals surface area contributed by atoms with E-state index in [0.29, 0.717) is 22.1 Å². The van der Waals surface area contributed by atoms with Gasteiger partial charge in [-0.2, -0.15) is 13.2 Å². The first-order chi connectivity index (χ1) is 34.2. The average Bonchev–Trinajstić information content (AvgIpc) is 4.10. The lowest BCUT2D eigenvalue weighted by Gasteiger charge is -2.23. The predicted molar refractivity (Wildman–Crippen MR) is 274 cm³/mol. The molecule has 334 valence electrons. The molecule has 0 unspecified atom stereocenters. The topological polar surface area (TPSA) is 19.7 Å². The zero-order valence-electron chi connectivity index (χ0n) is 36.9. The molecule has 0 amide bonds. The molecule has 0 radical (unpaired) electrons. The van der Waals surface area contributed by atoms with Crippen molar-refractivity contribution in [3.63, 3.8) is 0 Å². The summed E-state index contributed by atoms with van der Waals surface area (Å²) >= 11 is 0. The third-order valence-electron chi connectivity index (χ3n) is 14.0. The SMILES string of the molecule is Fc1cc(F)cc(-c2c(-n3c4ccccc4c4ccc(-n5c6ccccc6c6ccccc65)cc43)cc(C(F)(F)F)cc2-n2c3ccccc3c3ccc(-n4c5ccccc5c5ccccc54)cc32)c1. The third-order valence-corrected chi connectivity index (χ3v) is 14.0. The fourth-order valence-corrected chi connectivity index (χ4v) is 11.2. The minimum Gasteiger partial charge on any atom is -0.309 e. The molecule has 10 aromatic carbocycles. The smallest absolute Gasteiger partial charge is 0.309 e. The van der Waals surface area contributed by atoms with Crippen LogP contribution in [-0.4, -0.2) is 18.3 Å². The molecule has 0 aliphatic heterocycles. The summed E-state index contributed by atoms with van der Waals surface area (Å²) in [4.78, 5) is 0. The zero-order chi connectivity index (χ0) is 47.0. The number of rotatable bonds is 5. The van der Waals surface area contributed by atoms with Crippen LogP contribution in [0, 0.1) is 11.6 Å². The Morgan fingerprint density at radius 1 is 0.286 bits per heavy atom. The first-order valence-corrected chi connectivity index (χ1v) is 23.0. The molecule has 4 aromatic heterocycles. The molecule has 0 saturated heterocycles. The van der Waals surface area contributed by atoms with Crippen LogP contribution in [0.2, 0.25) is 0 Å². The summed E-state index contributed by atoms with van der Waals surface area (Å²) in [5.41, 5.74) is 7.48. The number of benzene rings is 10. The molecule has 9 heteroatoms. The maximum absolute atomic E-state index is 15.9. The molecule has 0 aliphatic carbocycles. The van der Waals surface area contributed by atoms with Crippen molar-refractivity contribution in [2.75, 3.05) is 0 Å². The van der Waals surface area contributed by atoms with Crippen LogP contribution in [0.15, 0.2) is 212 Å². The van der Waals surface area contributed by atoms with Crippen LogP contribution in [0.25, 0.3) is 121 Å². The minimum atomic E-state index is -4.84. The predicted octanol–water partition coefficient (Wildman–Crippen LogP) is 17.0. The van der Waals surface area contributed by atoms with Crippen LogP contribution in [0.5, 0.6) is 0 Å². The summed E-state index contributed by atoms with van der Waals surface area (Å²) < 4.78 is 87.4. The van der Waals surface area contributed by atoms with Gasteiger partial charge in [0.2, 0.25) is 0 Å². The monoisotopic (exact) mass is 918 g/mol. The summed E-state index contributed by atoms with van der Waals surface area (Å²) in [6.07, 6.45) is -4.84. The molecule has 4 nitrogen and oxygen atoms in total. The Labute approximate surface area is 395 Å². The van der Waals surface area contributed by atoms with Gasteiger partial charge >= 0.3 is 6.18 Å². The molecule has 0 fully saturated rings. The lowest BCUT2D eigenvalue weighted by molar-refractivity contribution is -0.137. The van der Waals surface area contributed by atoms with Crippen LogP contribution in [0.3, 0.4) is 0 Å². The number of aromatic nitrogens is 4. The van der Waals surface area contributed by atoms with Crippen LogP contribution < -0.4 is 0 Å². The number of hydrogen-bond acceptors (Lipinski definition) is 0. The van der Waals surface area contributed by atoms with E-state index in [1.165, 1.54) is 12.1 Å². The van der Waals surface area contributed by atoms with E-state index in [2.05, 4.69) is 57.7 Å². The van der Waals surface area contributed by atoms with Gasteiger partial charge in [-0.15, -0.1) is 0 Å². The first kappa shape index (κ1) is 40.1.